The SMILES string of the molecule is [CH2]CCCCCC1[CH]CCCCC1. The molecule has 0 amide bonds. The molecule has 76 valence electrons. The molecule has 13 heavy (non-hydrogen) atoms. The average molecular weight is 180 g/mol. The van der Waals surface area contributed by atoms with Crippen LogP contribution in [0, 0.1) is 19.3 Å². The first kappa shape index (κ1) is 11.1. The Bertz CT molecular complexity index is 98.6. The largest absolute Gasteiger partial charge is 0.0533 e. The molecule has 0 aromatic rings. The summed E-state index contributed by atoms with van der Waals surface area (Å²) in [5, 5.41) is 0. The van der Waals surface area contributed by atoms with E-state index in [0.29, 0.717) is 0 Å². The van der Waals surface area contributed by atoms with E-state index in [1.807, 2.05) is 0 Å². The third-order valence-corrected chi connectivity index (χ3v) is 3.10. The Morgan fingerprint density at radius 1 is 1.08 bits per heavy atom. The quantitative estimate of drug-likeness (QED) is 0.430. The van der Waals surface area contributed by atoms with Gasteiger partial charge in [-0.1, -0.05) is 64.7 Å². The van der Waals surface area contributed by atoms with Crippen LogP contribution in [0.15, 0.2) is 0 Å². The van der Waals surface area contributed by atoms with Crippen molar-refractivity contribution < 1.29 is 0 Å². The summed E-state index contributed by atoms with van der Waals surface area (Å²) >= 11 is 0. The van der Waals surface area contributed by atoms with Crippen molar-refractivity contribution in [3.63, 3.8) is 0 Å². The van der Waals surface area contributed by atoms with Crippen LogP contribution < -0.4 is 0 Å². The van der Waals surface area contributed by atoms with Crippen molar-refractivity contribution in [3.05, 3.63) is 13.3 Å². The van der Waals surface area contributed by atoms with Gasteiger partial charge in [-0.3, -0.25) is 0 Å². The third-order valence-electron chi connectivity index (χ3n) is 3.10. The van der Waals surface area contributed by atoms with Gasteiger partial charge in [0.2, 0.25) is 0 Å². The minimum absolute atomic E-state index is 0.951. The Labute approximate surface area is 84.1 Å². The molecule has 1 unspecified atom stereocenters. The second kappa shape index (κ2) is 7.41. The van der Waals surface area contributed by atoms with Crippen molar-refractivity contribution in [1.29, 1.82) is 0 Å². The second-order valence-electron chi connectivity index (χ2n) is 4.34. The monoisotopic (exact) mass is 180 g/mol. The van der Waals surface area contributed by atoms with Crippen LogP contribution in [0.3, 0.4) is 0 Å². The molecule has 1 saturated carbocycles. The second-order valence-corrected chi connectivity index (χ2v) is 4.34. The highest BCUT2D eigenvalue weighted by Crippen LogP contribution is 2.26. The van der Waals surface area contributed by atoms with Gasteiger partial charge in [0.15, 0.2) is 0 Å². The average Bonchev–Trinajstić information content (AvgIpc) is 2.41. The zero-order chi connectivity index (χ0) is 9.36. The van der Waals surface area contributed by atoms with E-state index in [4.69, 9.17) is 0 Å². The maximum atomic E-state index is 3.88. The van der Waals surface area contributed by atoms with Crippen LogP contribution in [-0.4, -0.2) is 0 Å². The van der Waals surface area contributed by atoms with E-state index in [1.54, 1.807) is 0 Å². The van der Waals surface area contributed by atoms with Gasteiger partial charge in [0, 0.05) is 0 Å². The molecule has 0 aromatic carbocycles. The molecule has 1 aliphatic rings. The molecule has 0 saturated heterocycles. The van der Waals surface area contributed by atoms with Gasteiger partial charge in [0.25, 0.3) is 0 Å². The zero-order valence-corrected chi connectivity index (χ0v) is 8.93. The lowest BCUT2D eigenvalue weighted by molar-refractivity contribution is 0.472. The fourth-order valence-electron chi connectivity index (χ4n) is 2.22. The van der Waals surface area contributed by atoms with E-state index in [9.17, 15) is 0 Å². The van der Waals surface area contributed by atoms with Gasteiger partial charge in [0.05, 0.1) is 0 Å². The molecule has 1 aliphatic carbocycles. The minimum atomic E-state index is 0.951. The first-order chi connectivity index (χ1) is 6.43. The topological polar surface area (TPSA) is 0 Å². The molecule has 0 bridgehead atoms. The molecule has 1 atom stereocenters. The molecule has 0 aromatic heterocycles. The van der Waals surface area contributed by atoms with E-state index in [0.717, 1.165) is 12.3 Å². The van der Waals surface area contributed by atoms with Crippen molar-refractivity contribution in [2.75, 3.05) is 0 Å². The summed E-state index contributed by atoms with van der Waals surface area (Å²) in [6.45, 7) is 3.88. The third kappa shape index (κ3) is 5.33. The molecule has 0 heteroatoms. The number of unbranched alkanes of at least 4 members (excludes halogenated alkanes) is 3. The van der Waals surface area contributed by atoms with E-state index in [2.05, 4.69) is 13.3 Å². The van der Waals surface area contributed by atoms with Gasteiger partial charge in [-0.25, -0.2) is 0 Å². The highest BCUT2D eigenvalue weighted by Gasteiger charge is 2.11. The molecular formula is C13H24. The van der Waals surface area contributed by atoms with Crippen molar-refractivity contribution in [3.8, 4) is 0 Å². The van der Waals surface area contributed by atoms with E-state index < -0.39 is 0 Å². The lowest BCUT2D eigenvalue weighted by Crippen LogP contribution is -1.99. The fraction of sp³-hybridized carbons (Fsp3) is 0.846. The summed E-state index contributed by atoms with van der Waals surface area (Å²) in [6, 6.07) is 0. The lowest BCUT2D eigenvalue weighted by atomic mass is 9.94. The zero-order valence-electron chi connectivity index (χ0n) is 8.93. The van der Waals surface area contributed by atoms with E-state index >= 15 is 0 Å². The van der Waals surface area contributed by atoms with Crippen LogP contribution in [0.1, 0.15) is 64.2 Å². The normalized spacial score (nSPS) is 20.1. The van der Waals surface area contributed by atoms with Crippen LogP contribution in [0.25, 0.3) is 0 Å². The van der Waals surface area contributed by atoms with Gasteiger partial charge < -0.3 is 0 Å². The first-order valence-corrected chi connectivity index (χ1v) is 6.06. The maximum Gasteiger partial charge on any atom is -0.0355 e. The molecule has 2 radical (unpaired) electrons. The number of hydrogen-bond acceptors (Lipinski definition) is 0. The Morgan fingerprint density at radius 3 is 2.85 bits per heavy atom. The molecule has 0 spiro atoms. The molecule has 0 nitrogen and oxygen atoms in total. The molecule has 1 fully saturated rings. The molecule has 0 heterocycles. The highest BCUT2D eigenvalue weighted by atomic mass is 14.2. The van der Waals surface area contributed by atoms with Gasteiger partial charge in [-0.15, -0.1) is 0 Å². The van der Waals surface area contributed by atoms with Gasteiger partial charge in [0.1, 0.15) is 0 Å². The highest BCUT2D eigenvalue weighted by molar-refractivity contribution is 4.79. The van der Waals surface area contributed by atoms with Crippen LogP contribution in [-0.2, 0) is 0 Å². The van der Waals surface area contributed by atoms with Crippen LogP contribution in [0.4, 0.5) is 0 Å². The standard InChI is InChI=1S/C13H24/c1-2-3-4-7-10-13-11-8-5-6-9-12-13/h11,13H,1-10,12H2. The molecule has 0 aliphatic heterocycles. The van der Waals surface area contributed by atoms with Crippen molar-refractivity contribution >= 4 is 0 Å². The van der Waals surface area contributed by atoms with Gasteiger partial charge >= 0.3 is 0 Å². The smallest absolute Gasteiger partial charge is 0.0355 e. The minimum Gasteiger partial charge on any atom is -0.0533 e. The Balaban J connectivity index is 1.98. The van der Waals surface area contributed by atoms with Gasteiger partial charge in [-0.05, 0) is 18.8 Å². The lowest BCUT2D eigenvalue weighted by Gasteiger charge is -2.12. The van der Waals surface area contributed by atoms with E-state index in [-0.39, 0.29) is 0 Å². The molecular weight excluding hydrogens is 156 g/mol. The van der Waals surface area contributed by atoms with Gasteiger partial charge in [-0.2, -0.15) is 0 Å². The van der Waals surface area contributed by atoms with Crippen LogP contribution in [0.2, 0.25) is 0 Å². The number of rotatable bonds is 5. The van der Waals surface area contributed by atoms with E-state index in [1.165, 1.54) is 57.8 Å². The Hall–Kier alpha value is 0. The summed E-state index contributed by atoms with van der Waals surface area (Å²) in [7, 11) is 0. The number of hydrogen-bond donors (Lipinski definition) is 0. The van der Waals surface area contributed by atoms with Crippen molar-refractivity contribution in [2.24, 2.45) is 5.92 Å². The summed E-state index contributed by atoms with van der Waals surface area (Å²) in [5.74, 6) is 0.951. The Kier molecular flexibility index (Phi) is 6.31. The first-order valence-electron chi connectivity index (χ1n) is 6.06. The molecule has 1 rings (SSSR count). The van der Waals surface area contributed by atoms with Crippen molar-refractivity contribution in [2.45, 2.75) is 64.2 Å². The predicted octanol–water partition coefficient (Wildman–Crippen LogP) is 4.56. The Morgan fingerprint density at radius 2 is 2.00 bits per heavy atom. The van der Waals surface area contributed by atoms with Crippen molar-refractivity contribution in [1.82, 2.24) is 0 Å². The van der Waals surface area contributed by atoms with Crippen LogP contribution in [0.5, 0.6) is 0 Å². The maximum absolute atomic E-state index is 3.88. The van der Waals surface area contributed by atoms with Crippen LogP contribution >= 0.6 is 0 Å². The summed E-state index contributed by atoms with van der Waals surface area (Å²) < 4.78 is 0. The summed E-state index contributed by atoms with van der Waals surface area (Å²) in [6.07, 6.45) is 16.5. The predicted molar refractivity (Wildman–Crippen MR) is 59.3 cm³/mol. The fourth-order valence-corrected chi connectivity index (χ4v) is 2.22. The summed E-state index contributed by atoms with van der Waals surface area (Å²) in [5.41, 5.74) is 0. The summed E-state index contributed by atoms with van der Waals surface area (Å²) in [4.78, 5) is 0. The molecule has 0 N–H and O–H groups in total.